The molecule has 1 amide bonds. The Labute approximate surface area is 141 Å². The van der Waals surface area contributed by atoms with Gasteiger partial charge >= 0.3 is 0 Å². The van der Waals surface area contributed by atoms with Crippen molar-refractivity contribution in [3.05, 3.63) is 36.3 Å². The Balaban J connectivity index is 1.60. The molecule has 2 fully saturated rings. The Morgan fingerprint density at radius 2 is 2.29 bits per heavy atom. The number of amides is 1. The van der Waals surface area contributed by atoms with Crippen LogP contribution in [0.1, 0.15) is 29.6 Å². The smallest absolute Gasteiger partial charge is 0.255 e. The summed E-state index contributed by atoms with van der Waals surface area (Å²) in [5, 5.41) is 0. The van der Waals surface area contributed by atoms with Crippen molar-refractivity contribution in [1.29, 1.82) is 0 Å². The molecule has 3 atom stereocenters. The molecule has 0 bridgehead atoms. The Bertz CT molecular complexity index is 729. The molecule has 6 heteroatoms. The SMILES string of the molecule is CO[C@@H]1CCC[C@H]1[C@H]1COCCN1C(=O)c1ccc2nccn2c1. The summed E-state index contributed by atoms with van der Waals surface area (Å²) in [5.41, 5.74) is 1.54. The summed E-state index contributed by atoms with van der Waals surface area (Å²) in [7, 11) is 1.77. The van der Waals surface area contributed by atoms with E-state index in [1.54, 1.807) is 13.3 Å². The first-order valence-corrected chi connectivity index (χ1v) is 8.62. The lowest BCUT2D eigenvalue weighted by molar-refractivity contribution is -0.0460. The molecule has 128 valence electrons. The van der Waals surface area contributed by atoms with Gasteiger partial charge in [0.15, 0.2) is 0 Å². The zero-order valence-electron chi connectivity index (χ0n) is 13.9. The van der Waals surface area contributed by atoms with Gasteiger partial charge in [-0.2, -0.15) is 0 Å². The van der Waals surface area contributed by atoms with E-state index in [1.165, 1.54) is 0 Å². The normalized spacial score (nSPS) is 27.7. The number of hydrogen-bond donors (Lipinski definition) is 0. The fourth-order valence-corrected chi connectivity index (χ4v) is 4.13. The van der Waals surface area contributed by atoms with E-state index >= 15 is 0 Å². The van der Waals surface area contributed by atoms with Crippen LogP contribution in [-0.4, -0.2) is 59.2 Å². The van der Waals surface area contributed by atoms with Gasteiger partial charge in [-0.25, -0.2) is 4.98 Å². The largest absolute Gasteiger partial charge is 0.381 e. The van der Waals surface area contributed by atoms with E-state index in [4.69, 9.17) is 9.47 Å². The first-order valence-electron chi connectivity index (χ1n) is 8.62. The zero-order valence-corrected chi connectivity index (χ0v) is 13.9. The van der Waals surface area contributed by atoms with Crippen molar-refractivity contribution in [3.8, 4) is 0 Å². The van der Waals surface area contributed by atoms with Crippen molar-refractivity contribution < 1.29 is 14.3 Å². The maximum Gasteiger partial charge on any atom is 0.255 e. The standard InChI is InChI=1S/C18H23N3O3/c1-23-16-4-2-3-14(16)15-12-24-10-9-21(15)18(22)13-5-6-17-19-7-8-20(17)11-13/h5-8,11,14-16H,2-4,9-10,12H2,1H3/t14-,15+,16+/m0/s1. The fourth-order valence-electron chi connectivity index (χ4n) is 4.13. The second-order valence-electron chi connectivity index (χ2n) is 6.62. The number of ether oxygens (including phenoxy) is 2. The molecule has 2 aromatic rings. The molecule has 1 aliphatic heterocycles. The molecule has 24 heavy (non-hydrogen) atoms. The predicted octanol–water partition coefficient (Wildman–Crippen LogP) is 1.99. The average Bonchev–Trinajstić information content (AvgIpc) is 3.29. The van der Waals surface area contributed by atoms with E-state index in [2.05, 4.69) is 4.98 Å². The number of carbonyl (C=O) groups is 1. The first-order chi connectivity index (χ1) is 11.8. The third-order valence-corrected chi connectivity index (χ3v) is 5.36. The maximum atomic E-state index is 13.1. The van der Waals surface area contributed by atoms with Crippen molar-refractivity contribution in [2.24, 2.45) is 5.92 Å². The van der Waals surface area contributed by atoms with Crippen LogP contribution in [0.4, 0.5) is 0 Å². The molecule has 4 rings (SSSR count). The number of rotatable bonds is 3. The van der Waals surface area contributed by atoms with Crippen molar-refractivity contribution in [3.63, 3.8) is 0 Å². The Hall–Kier alpha value is -1.92. The quantitative estimate of drug-likeness (QED) is 0.864. The van der Waals surface area contributed by atoms with Crippen molar-refractivity contribution in [2.75, 3.05) is 26.9 Å². The number of imidazole rings is 1. The van der Waals surface area contributed by atoms with Crippen molar-refractivity contribution in [2.45, 2.75) is 31.4 Å². The summed E-state index contributed by atoms with van der Waals surface area (Å²) >= 11 is 0. The molecule has 0 aromatic carbocycles. The summed E-state index contributed by atoms with van der Waals surface area (Å²) in [6.07, 6.45) is 9.01. The lowest BCUT2D eigenvalue weighted by atomic mass is 9.93. The average molecular weight is 329 g/mol. The van der Waals surface area contributed by atoms with Gasteiger partial charge in [0, 0.05) is 38.2 Å². The Morgan fingerprint density at radius 3 is 3.17 bits per heavy atom. The van der Waals surface area contributed by atoms with Crippen LogP contribution in [0.25, 0.3) is 5.65 Å². The Kier molecular flexibility index (Phi) is 4.24. The van der Waals surface area contributed by atoms with E-state index < -0.39 is 0 Å². The number of fused-ring (bicyclic) bond motifs is 1. The molecule has 1 aliphatic carbocycles. The summed E-state index contributed by atoms with van der Waals surface area (Å²) in [5.74, 6) is 0.428. The van der Waals surface area contributed by atoms with Crippen LogP contribution in [-0.2, 0) is 9.47 Å². The Morgan fingerprint density at radius 1 is 1.38 bits per heavy atom. The number of methoxy groups -OCH3 is 1. The minimum atomic E-state index is 0.0700. The molecule has 6 nitrogen and oxygen atoms in total. The van der Waals surface area contributed by atoms with Crippen LogP contribution in [0, 0.1) is 5.92 Å². The second kappa shape index (κ2) is 6.53. The van der Waals surface area contributed by atoms with Crippen LogP contribution >= 0.6 is 0 Å². The van der Waals surface area contributed by atoms with Crippen LogP contribution in [0.3, 0.4) is 0 Å². The van der Waals surface area contributed by atoms with Gasteiger partial charge in [-0.05, 0) is 25.0 Å². The predicted molar refractivity (Wildman–Crippen MR) is 89.0 cm³/mol. The van der Waals surface area contributed by atoms with Crippen molar-refractivity contribution in [1.82, 2.24) is 14.3 Å². The van der Waals surface area contributed by atoms with E-state index in [9.17, 15) is 4.79 Å². The second-order valence-corrected chi connectivity index (χ2v) is 6.62. The molecule has 1 saturated carbocycles. The number of aromatic nitrogens is 2. The first kappa shape index (κ1) is 15.6. The van der Waals surface area contributed by atoms with Crippen LogP contribution in [0.15, 0.2) is 30.7 Å². The van der Waals surface area contributed by atoms with Crippen LogP contribution in [0.2, 0.25) is 0 Å². The molecule has 2 aliphatic rings. The molecule has 0 unspecified atom stereocenters. The minimum Gasteiger partial charge on any atom is -0.381 e. The highest BCUT2D eigenvalue weighted by Gasteiger charge is 2.40. The number of hydrogen-bond acceptors (Lipinski definition) is 4. The van der Waals surface area contributed by atoms with E-state index in [-0.39, 0.29) is 18.1 Å². The number of nitrogens with zero attached hydrogens (tertiary/aromatic N) is 3. The van der Waals surface area contributed by atoms with Gasteiger partial charge in [-0.1, -0.05) is 6.42 Å². The van der Waals surface area contributed by atoms with Gasteiger partial charge in [0.2, 0.25) is 0 Å². The van der Waals surface area contributed by atoms with Crippen molar-refractivity contribution >= 4 is 11.6 Å². The monoisotopic (exact) mass is 329 g/mol. The maximum absolute atomic E-state index is 13.1. The molecule has 0 radical (unpaired) electrons. The van der Waals surface area contributed by atoms with Gasteiger partial charge in [-0.3, -0.25) is 4.79 Å². The zero-order chi connectivity index (χ0) is 16.5. The van der Waals surface area contributed by atoms with Crippen LogP contribution < -0.4 is 0 Å². The number of carbonyl (C=O) groups excluding carboxylic acids is 1. The lowest BCUT2D eigenvalue weighted by Gasteiger charge is -2.40. The molecule has 2 aromatic heterocycles. The number of morpholine rings is 1. The summed E-state index contributed by atoms with van der Waals surface area (Å²) < 4.78 is 13.2. The number of pyridine rings is 1. The highest BCUT2D eigenvalue weighted by Crippen LogP contribution is 2.34. The topological polar surface area (TPSA) is 56.1 Å². The highest BCUT2D eigenvalue weighted by atomic mass is 16.5. The van der Waals surface area contributed by atoms with Gasteiger partial charge < -0.3 is 18.8 Å². The molecule has 0 spiro atoms. The summed E-state index contributed by atoms with van der Waals surface area (Å²) in [4.78, 5) is 19.3. The third kappa shape index (κ3) is 2.70. The molecule has 1 saturated heterocycles. The fraction of sp³-hybridized carbons (Fsp3) is 0.556. The van der Waals surface area contributed by atoms with E-state index in [0.717, 1.165) is 24.9 Å². The van der Waals surface area contributed by atoms with E-state index in [0.29, 0.717) is 31.2 Å². The third-order valence-electron chi connectivity index (χ3n) is 5.36. The van der Waals surface area contributed by atoms with E-state index in [1.807, 2.05) is 33.8 Å². The molecular formula is C18H23N3O3. The van der Waals surface area contributed by atoms with Crippen LogP contribution in [0.5, 0.6) is 0 Å². The van der Waals surface area contributed by atoms with Gasteiger partial charge in [0.25, 0.3) is 5.91 Å². The minimum absolute atomic E-state index is 0.0700. The lowest BCUT2D eigenvalue weighted by Crippen LogP contribution is -2.53. The highest BCUT2D eigenvalue weighted by molar-refractivity contribution is 5.94. The molecule has 3 heterocycles. The van der Waals surface area contributed by atoms with Gasteiger partial charge in [0.05, 0.1) is 30.9 Å². The molecular weight excluding hydrogens is 306 g/mol. The summed E-state index contributed by atoms with van der Waals surface area (Å²) in [6, 6.07) is 3.84. The summed E-state index contributed by atoms with van der Waals surface area (Å²) in [6.45, 7) is 1.84. The van der Waals surface area contributed by atoms with Gasteiger partial charge in [-0.15, -0.1) is 0 Å². The van der Waals surface area contributed by atoms with Gasteiger partial charge in [0.1, 0.15) is 5.65 Å². The molecule has 0 N–H and O–H groups in total.